The summed E-state index contributed by atoms with van der Waals surface area (Å²) in [5.74, 6) is -1.88. The van der Waals surface area contributed by atoms with Crippen LogP contribution in [0.25, 0.3) is 0 Å². The highest BCUT2D eigenvalue weighted by atomic mass is 16.5. The van der Waals surface area contributed by atoms with E-state index in [1.165, 1.54) is 0 Å². The molecule has 1 aliphatic carbocycles. The molecule has 0 aromatic heterocycles. The van der Waals surface area contributed by atoms with Crippen molar-refractivity contribution in [3.8, 4) is 0 Å². The molecule has 1 saturated heterocycles. The fourth-order valence-corrected chi connectivity index (χ4v) is 2.79. The molecule has 1 saturated carbocycles. The number of primary amides is 1. The highest BCUT2D eigenvalue weighted by Gasteiger charge is 2.45. The van der Waals surface area contributed by atoms with Crippen LogP contribution >= 0.6 is 0 Å². The number of urea groups is 1. The lowest BCUT2D eigenvalue weighted by molar-refractivity contribution is -0.145. The molecule has 8 nitrogen and oxygen atoms in total. The van der Waals surface area contributed by atoms with Gasteiger partial charge in [-0.3, -0.25) is 19.8 Å². The molecule has 2 aliphatic rings. The van der Waals surface area contributed by atoms with E-state index >= 15 is 0 Å². The van der Waals surface area contributed by atoms with Crippen LogP contribution in [0.3, 0.4) is 0 Å². The number of nitrogens with zero attached hydrogens (tertiary/aromatic N) is 1. The summed E-state index contributed by atoms with van der Waals surface area (Å²) < 4.78 is 4.51. The average Bonchev–Trinajstić information content (AvgIpc) is 2.86. The number of rotatable bonds is 4. The number of hydrogen-bond donors (Lipinski definition) is 2. The van der Waals surface area contributed by atoms with Crippen molar-refractivity contribution in [1.29, 1.82) is 0 Å². The molecule has 5 amide bonds. The van der Waals surface area contributed by atoms with Crippen LogP contribution in [0.5, 0.6) is 0 Å². The minimum Gasteiger partial charge on any atom is -0.448 e. The summed E-state index contributed by atoms with van der Waals surface area (Å²) in [7, 11) is 0. The summed E-state index contributed by atoms with van der Waals surface area (Å²) >= 11 is 0. The lowest BCUT2D eigenvalue weighted by atomic mass is 9.87. The predicted octanol–water partition coefficient (Wildman–Crippen LogP) is -0.0335. The Kier molecular flexibility index (Phi) is 4.21. The van der Waals surface area contributed by atoms with E-state index in [1.807, 2.05) is 0 Å². The van der Waals surface area contributed by atoms with Crippen molar-refractivity contribution < 1.29 is 23.9 Å². The number of carbonyl (C=O) groups excluding carboxylic acids is 4. The summed E-state index contributed by atoms with van der Waals surface area (Å²) in [5.41, 5.74) is 4.81. The zero-order chi connectivity index (χ0) is 14.7. The molecule has 1 aliphatic heterocycles. The first-order valence-corrected chi connectivity index (χ1v) is 6.59. The van der Waals surface area contributed by atoms with Gasteiger partial charge in [0.25, 0.3) is 0 Å². The second-order valence-electron chi connectivity index (χ2n) is 4.97. The van der Waals surface area contributed by atoms with Crippen molar-refractivity contribution in [3.05, 3.63) is 0 Å². The molecule has 0 aromatic carbocycles. The van der Waals surface area contributed by atoms with Crippen LogP contribution in [0.4, 0.5) is 9.59 Å². The van der Waals surface area contributed by atoms with E-state index < -0.39 is 29.9 Å². The largest absolute Gasteiger partial charge is 0.448 e. The third kappa shape index (κ3) is 2.89. The first-order chi connectivity index (χ1) is 9.50. The average molecular weight is 283 g/mol. The van der Waals surface area contributed by atoms with E-state index in [0.29, 0.717) is 0 Å². The number of barbiturate groups is 1. The smallest absolute Gasteiger partial charge is 0.404 e. The Balaban J connectivity index is 2.03. The molecule has 3 N–H and O–H groups in total. The molecule has 20 heavy (non-hydrogen) atoms. The molecule has 0 bridgehead atoms. The van der Waals surface area contributed by atoms with Crippen molar-refractivity contribution in [3.63, 3.8) is 0 Å². The number of nitrogens with two attached hydrogens (primary N) is 1. The number of imide groups is 2. The van der Waals surface area contributed by atoms with Crippen molar-refractivity contribution in [2.45, 2.75) is 25.7 Å². The Morgan fingerprint density at radius 2 is 1.95 bits per heavy atom. The van der Waals surface area contributed by atoms with Crippen molar-refractivity contribution in [2.24, 2.45) is 17.6 Å². The molecule has 1 heterocycles. The van der Waals surface area contributed by atoms with E-state index in [2.05, 4.69) is 10.1 Å². The Morgan fingerprint density at radius 3 is 2.55 bits per heavy atom. The number of nitrogens with one attached hydrogen (secondary N) is 1. The zero-order valence-corrected chi connectivity index (χ0v) is 11.0. The minimum absolute atomic E-state index is 0.0184. The van der Waals surface area contributed by atoms with Crippen LogP contribution in [-0.4, -0.2) is 42.0 Å². The first-order valence-electron chi connectivity index (χ1n) is 6.59. The van der Waals surface area contributed by atoms with Crippen LogP contribution < -0.4 is 11.1 Å². The zero-order valence-electron chi connectivity index (χ0n) is 11.0. The number of amides is 5. The molecule has 0 spiro atoms. The molecule has 1 atom stereocenters. The Morgan fingerprint density at radius 1 is 1.30 bits per heavy atom. The highest BCUT2D eigenvalue weighted by molar-refractivity contribution is 6.16. The Labute approximate surface area is 115 Å². The molecule has 2 fully saturated rings. The third-order valence-corrected chi connectivity index (χ3v) is 3.72. The lowest BCUT2D eigenvalue weighted by Gasteiger charge is -2.32. The van der Waals surface area contributed by atoms with Gasteiger partial charge in [-0.25, -0.2) is 9.59 Å². The van der Waals surface area contributed by atoms with Gasteiger partial charge in [0.2, 0.25) is 11.8 Å². The van der Waals surface area contributed by atoms with Crippen LogP contribution in [0.15, 0.2) is 0 Å². The SMILES string of the molecule is NC(=O)OCCN1C(=O)NC(=O)C(C2CCCC2)C1=O. The van der Waals surface area contributed by atoms with Crippen LogP contribution in [0.1, 0.15) is 25.7 Å². The van der Waals surface area contributed by atoms with Gasteiger partial charge in [0.1, 0.15) is 12.5 Å². The Bertz CT molecular complexity index is 444. The molecule has 1 unspecified atom stereocenters. The summed E-state index contributed by atoms with van der Waals surface area (Å²) in [4.78, 5) is 47.2. The van der Waals surface area contributed by atoms with Gasteiger partial charge < -0.3 is 10.5 Å². The maximum absolute atomic E-state index is 12.3. The van der Waals surface area contributed by atoms with Gasteiger partial charge in [0, 0.05) is 0 Å². The maximum Gasteiger partial charge on any atom is 0.404 e. The van der Waals surface area contributed by atoms with E-state index in [-0.39, 0.29) is 19.1 Å². The summed E-state index contributed by atoms with van der Waals surface area (Å²) in [6.07, 6.45) is 2.62. The molecule has 110 valence electrons. The van der Waals surface area contributed by atoms with Crippen molar-refractivity contribution in [1.82, 2.24) is 10.2 Å². The predicted molar refractivity (Wildman–Crippen MR) is 66.2 cm³/mol. The van der Waals surface area contributed by atoms with Crippen molar-refractivity contribution in [2.75, 3.05) is 13.2 Å². The highest BCUT2D eigenvalue weighted by Crippen LogP contribution is 2.33. The lowest BCUT2D eigenvalue weighted by Crippen LogP contribution is -2.60. The fraction of sp³-hybridized carbons (Fsp3) is 0.667. The van der Waals surface area contributed by atoms with E-state index in [9.17, 15) is 19.2 Å². The van der Waals surface area contributed by atoms with Gasteiger partial charge in [-0.05, 0) is 18.8 Å². The van der Waals surface area contributed by atoms with Crippen LogP contribution in [0.2, 0.25) is 0 Å². The monoisotopic (exact) mass is 283 g/mol. The summed E-state index contributed by atoms with van der Waals surface area (Å²) in [5, 5.41) is 2.18. The van der Waals surface area contributed by atoms with Gasteiger partial charge in [0.05, 0.1) is 6.54 Å². The number of carbonyl (C=O) groups is 4. The minimum atomic E-state index is -0.974. The van der Waals surface area contributed by atoms with Crippen LogP contribution in [0, 0.1) is 11.8 Å². The molecular formula is C12H17N3O5. The number of ether oxygens (including phenoxy) is 1. The van der Waals surface area contributed by atoms with Gasteiger partial charge >= 0.3 is 12.1 Å². The van der Waals surface area contributed by atoms with E-state index in [4.69, 9.17) is 5.73 Å². The second-order valence-corrected chi connectivity index (χ2v) is 4.97. The molecule has 0 aromatic rings. The van der Waals surface area contributed by atoms with E-state index in [1.54, 1.807) is 0 Å². The molecule has 8 heteroatoms. The third-order valence-electron chi connectivity index (χ3n) is 3.72. The second kappa shape index (κ2) is 5.89. The molecule has 2 rings (SSSR count). The van der Waals surface area contributed by atoms with Gasteiger partial charge in [-0.2, -0.15) is 0 Å². The van der Waals surface area contributed by atoms with Gasteiger partial charge in [0.15, 0.2) is 0 Å². The Hall–Kier alpha value is -2.12. The van der Waals surface area contributed by atoms with Gasteiger partial charge in [-0.15, -0.1) is 0 Å². The van der Waals surface area contributed by atoms with Crippen LogP contribution in [-0.2, 0) is 14.3 Å². The van der Waals surface area contributed by atoms with Gasteiger partial charge in [-0.1, -0.05) is 12.8 Å². The summed E-state index contributed by atoms with van der Waals surface area (Å²) in [6, 6.07) is -0.776. The summed E-state index contributed by atoms with van der Waals surface area (Å²) in [6.45, 7) is -0.288. The standard InChI is InChI=1S/C12H17N3O5/c13-11(18)20-6-5-15-10(17)8(7-3-1-2-4-7)9(16)14-12(15)19/h7-8H,1-6H2,(H2,13,18)(H,14,16,19). The van der Waals surface area contributed by atoms with Crippen molar-refractivity contribution >= 4 is 23.9 Å². The quantitative estimate of drug-likeness (QED) is 0.702. The molecule has 0 radical (unpaired) electrons. The maximum atomic E-state index is 12.3. The molecular weight excluding hydrogens is 266 g/mol. The normalized spacial score (nSPS) is 23.9. The van der Waals surface area contributed by atoms with E-state index in [0.717, 1.165) is 30.6 Å². The topological polar surface area (TPSA) is 119 Å². The fourth-order valence-electron chi connectivity index (χ4n) is 2.79. The first kappa shape index (κ1) is 14.3. The number of hydrogen-bond acceptors (Lipinski definition) is 5.